The van der Waals surface area contributed by atoms with E-state index in [1.807, 2.05) is 12.3 Å². The molecule has 3 nitrogen and oxygen atoms in total. The highest BCUT2D eigenvalue weighted by Crippen LogP contribution is 2.22. The molecule has 3 heteroatoms. The van der Waals surface area contributed by atoms with Crippen molar-refractivity contribution in [2.45, 2.75) is 46.0 Å². The molecule has 1 heterocycles. The highest BCUT2D eigenvalue weighted by atomic mass is 16.3. The molecule has 0 fully saturated rings. The van der Waals surface area contributed by atoms with E-state index in [0.717, 1.165) is 25.2 Å². The predicted octanol–water partition coefficient (Wildman–Crippen LogP) is 3.20. The summed E-state index contributed by atoms with van der Waals surface area (Å²) in [6, 6.07) is 4.16. The molecule has 0 aromatic carbocycles. The molecule has 1 atom stereocenters. The van der Waals surface area contributed by atoms with Crippen molar-refractivity contribution in [3.05, 3.63) is 23.9 Å². The number of aliphatic hydroxyl groups is 1. The molecule has 1 rings (SSSR count). The smallest absolute Gasteiger partial charge is 0.125 e. The number of rotatable bonds is 6. The van der Waals surface area contributed by atoms with Gasteiger partial charge >= 0.3 is 0 Å². The fourth-order valence-electron chi connectivity index (χ4n) is 1.82. The summed E-state index contributed by atoms with van der Waals surface area (Å²) in [5.74, 6) is 1.43. The van der Waals surface area contributed by atoms with Crippen LogP contribution in [0.5, 0.6) is 0 Å². The minimum Gasteiger partial charge on any atom is -0.396 e. The standard InChI is InChI=1S/C15H26N2O/c1-5-12(8-9-18)10-16-14-7-6-13(11-17-14)15(2,3)4/h6-7,11-12,18H,5,8-10H2,1-4H3,(H,16,17). The molecule has 0 spiro atoms. The van der Waals surface area contributed by atoms with Crippen molar-refractivity contribution < 1.29 is 5.11 Å². The lowest BCUT2D eigenvalue weighted by Crippen LogP contribution is -2.16. The first-order valence-electron chi connectivity index (χ1n) is 6.78. The minimum absolute atomic E-state index is 0.147. The van der Waals surface area contributed by atoms with Crippen molar-refractivity contribution in [2.75, 3.05) is 18.5 Å². The first-order valence-corrected chi connectivity index (χ1v) is 6.78. The molecule has 0 aliphatic carbocycles. The van der Waals surface area contributed by atoms with Crippen LogP contribution in [0.2, 0.25) is 0 Å². The van der Waals surface area contributed by atoms with E-state index in [1.165, 1.54) is 5.56 Å². The summed E-state index contributed by atoms with van der Waals surface area (Å²) in [4.78, 5) is 4.44. The molecule has 0 saturated carbocycles. The molecule has 1 unspecified atom stereocenters. The predicted molar refractivity (Wildman–Crippen MR) is 76.9 cm³/mol. The van der Waals surface area contributed by atoms with Gasteiger partial charge in [0.1, 0.15) is 5.82 Å². The second-order valence-corrected chi connectivity index (χ2v) is 5.85. The van der Waals surface area contributed by atoms with Gasteiger partial charge in [-0.15, -0.1) is 0 Å². The van der Waals surface area contributed by atoms with Crippen molar-refractivity contribution in [2.24, 2.45) is 5.92 Å². The van der Waals surface area contributed by atoms with Gasteiger partial charge in [-0.2, -0.15) is 0 Å². The third kappa shape index (κ3) is 4.65. The molecule has 2 N–H and O–H groups in total. The van der Waals surface area contributed by atoms with E-state index in [4.69, 9.17) is 5.11 Å². The lowest BCUT2D eigenvalue weighted by atomic mass is 9.88. The molecule has 0 bridgehead atoms. The van der Waals surface area contributed by atoms with Gasteiger partial charge in [0.25, 0.3) is 0 Å². The summed E-state index contributed by atoms with van der Waals surface area (Å²) < 4.78 is 0. The SMILES string of the molecule is CCC(CCO)CNc1ccc(C(C)(C)C)cn1. The summed E-state index contributed by atoms with van der Waals surface area (Å²) in [7, 11) is 0. The molecule has 1 aromatic rings. The number of nitrogens with one attached hydrogen (secondary N) is 1. The molecular formula is C15H26N2O. The van der Waals surface area contributed by atoms with E-state index in [1.54, 1.807) is 0 Å². The van der Waals surface area contributed by atoms with Gasteiger partial charge in [0, 0.05) is 19.3 Å². The highest BCUT2D eigenvalue weighted by Gasteiger charge is 2.13. The first-order chi connectivity index (χ1) is 8.47. The topological polar surface area (TPSA) is 45.1 Å². The average Bonchev–Trinajstić information content (AvgIpc) is 2.34. The van der Waals surface area contributed by atoms with Crippen LogP contribution in [-0.4, -0.2) is 23.2 Å². The van der Waals surface area contributed by atoms with Crippen LogP contribution in [0.1, 0.15) is 46.1 Å². The van der Waals surface area contributed by atoms with Crippen molar-refractivity contribution >= 4 is 5.82 Å². The molecule has 1 aromatic heterocycles. The minimum atomic E-state index is 0.147. The van der Waals surface area contributed by atoms with E-state index < -0.39 is 0 Å². The normalized spacial score (nSPS) is 13.4. The average molecular weight is 250 g/mol. The Kier molecular flexibility index (Phi) is 5.60. The number of hydrogen-bond acceptors (Lipinski definition) is 3. The Balaban J connectivity index is 2.53. The molecular weight excluding hydrogens is 224 g/mol. The van der Waals surface area contributed by atoms with Gasteiger partial charge in [0.15, 0.2) is 0 Å². The Labute approximate surface area is 111 Å². The van der Waals surface area contributed by atoms with Crippen LogP contribution in [0.25, 0.3) is 0 Å². The Morgan fingerprint density at radius 1 is 1.33 bits per heavy atom. The van der Waals surface area contributed by atoms with Crippen LogP contribution in [-0.2, 0) is 5.41 Å². The largest absolute Gasteiger partial charge is 0.396 e. The Bertz CT molecular complexity index is 341. The van der Waals surface area contributed by atoms with Gasteiger partial charge in [-0.3, -0.25) is 0 Å². The molecule has 0 saturated heterocycles. The van der Waals surface area contributed by atoms with Gasteiger partial charge in [0.05, 0.1) is 0 Å². The van der Waals surface area contributed by atoms with Crippen molar-refractivity contribution in [1.82, 2.24) is 4.98 Å². The second-order valence-electron chi connectivity index (χ2n) is 5.85. The molecule has 0 amide bonds. The van der Waals surface area contributed by atoms with Crippen LogP contribution in [0.15, 0.2) is 18.3 Å². The zero-order valence-electron chi connectivity index (χ0n) is 12.0. The Morgan fingerprint density at radius 2 is 2.06 bits per heavy atom. The number of anilines is 1. The van der Waals surface area contributed by atoms with E-state index in [-0.39, 0.29) is 12.0 Å². The number of aliphatic hydroxyl groups excluding tert-OH is 1. The zero-order valence-corrected chi connectivity index (χ0v) is 12.0. The van der Waals surface area contributed by atoms with Gasteiger partial charge in [0.2, 0.25) is 0 Å². The fraction of sp³-hybridized carbons (Fsp3) is 0.667. The number of hydrogen-bond donors (Lipinski definition) is 2. The third-order valence-electron chi connectivity index (χ3n) is 3.32. The van der Waals surface area contributed by atoms with Gasteiger partial charge < -0.3 is 10.4 Å². The molecule has 0 aliphatic rings. The van der Waals surface area contributed by atoms with Crippen molar-refractivity contribution in [3.63, 3.8) is 0 Å². The third-order valence-corrected chi connectivity index (χ3v) is 3.32. The number of aromatic nitrogens is 1. The zero-order chi connectivity index (χ0) is 13.6. The van der Waals surface area contributed by atoms with E-state index >= 15 is 0 Å². The van der Waals surface area contributed by atoms with Crippen LogP contribution >= 0.6 is 0 Å². The highest BCUT2D eigenvalue weighted by molar-refractivity contribution is 5.37. The van der Waals surface area contributed by atoms with Crippen LogP contribution in [0, 0.1) is 5.92 Å². The van der Waals surface area contributed by atoms with E-state index in [2.05, 4.69) is 44.1 Å². The monoisotopic (exact) mass is 250 g/mol. The first kappa shape index (κ1) is 15.0. The van der Waals surface area contributed by atoms with Gasteiger partial charge in [-0.05, 0) is 29.4 Å². The molecule has 102 valence electrons. The Morgan fingerprint density at radius 3 is 2.50 bits per heavy atom. The van der Waals surface area contributed by atoms with E-state index in [0.29, 0.717) is 5.92 Å². The maximum Gasteiger partial charge on any atom is 0.125 e. The van der Waals surface area contributed by atoms with E-state index in [9.17, 15) is 0 Å². The lowest BCUT2D eigenvalue weighted by molar-refractivity contribution is 0.258. The van der Waals surface area contributed by atoms with Crippen LogP contribution < -0.4 is 5.32 Å². The molecule has 0 radical (unpaired) electrons. The summed E-state index contributed by atoms with van der Waals surface area (Å²) in [5.41, 5.74) is 1.39. The quantitative estimate of drug-likeness (QED) is 0.815. The fourth-order valence-corrected chi connectivity index (χ4v) is 1.82. The number of nitrogens with zero attached hydrogens (tertiary/aromatic N) is 1. The summed E-state index contributed by atoms with van der Waals surface area (Å²) in [6.07, 6.45) is 3.87. The molecule has 18 heavy (non-hydrogen) atoms. The summed E-state index contributed by atoms with van der Waals surface area (Å²) in [6.45, 7) is 9.84. The Hall–Kier alpha value is -1.09. The number of pyridine rings is 1. The van der Waals surface area contributed by atoms with Crippen LogP contribution in [0.3, 0.4) is 0 Å². The van der Waals surface area contributed by atoms with Gasteiger partial charge in [-0.1, -0.05) is 40.2 Å². The van der Waals surface area contributed by atoms with Crippen LogP contribution in [0.4, 0.5) is 5.82 Å². The van der Waals surface area contributed by atoms with Crippen molar-refractivity contribution in [3.8, 4) is 0 Å². The maximum atomic E-state index is 8.95. The molecule has 0 aliphatic heterocycles. The van der Waals surface area contributed by atoms with Crippen molar-refractivity contribution in [1.29, 1.82) is 0 Å². The maximum absolute atomic E-state index is 8.95. The lowest BCUT2D eigenvalue weighted by Gasteiger charge is -2.19. The van der Waals surface area contributed by atoms with Gasteiger partial charge in [-0.25, -0.2) is 4.98 Å². The summed E-state index contributed by atoms with van der Waals surface area (Å²) >= 11 is 0. The second kappa shape index (κ2) is 6.74. The summed E-state index contributed by atoms with van der Waals surface area (Å²) in [5, 5.41) is 12.3.